The Kier molecular flexibility index (Phi) is 6.34. The highest BCUT2D eigenvalue weighted by molar-refractivity contribution is 7.99. The summed E-state index contributed by atoms with van der Waals surface area (Å²) in [5.74, 6) is -0.262. The van der Waals surface area contributed by atoms with Crippen LogP contribution in [0.2, 0.25) is 0 Å². The SMILES string of the molecule is CC(C)(C)NC(=O)CSc1nc2sc3c(c2c(=O)n1-c1cccc(C(F)(F)F)c1)CCCC3. The summed E-state index contributed by atoms with van der Waals surface area (Å²) in [6.45, 7) is 5.57. The largest absolute Gasteiger partial charge is 0.416 e. The molecule has 0 unspecified atom stereocenters. The number of nitrogens with zero attached hydrogens (tertiary/aromatic N) is 2. The van der Waals surface area contributed by atoms with Crippen LogP contribution >= 0.6 is 23.1 Å². The van der Waals surface area contributed by atoms with E-state index in [1.165, 1.54) is 28.0 Å². The van der Waals surface area contributed by atoms with E-state index in [1.54, 1.807) is 0 Å². The molecule has 0 aliphatic heterocycles. The van der Waals surface area contributed by atoms with Gasteiger partial charge in [0.2, 0.25) is 5.91 Å². The van der Waals surface area contributed by atoms with Crippen molar-refractivity contribution >= 4 is 39.2 Å². The molecule has 10 heteroatoms. The first kappa shape index (κ1) is 23.8. The van der Waals surface area contributed by atoms with Crippen molar-refractivity contribution in [2.75, 3.05) is 5.75 Å². The van der Waals surface area contributed by atoms with E-state index in [1.807, 2.05) is 20.8 Å². The Balaban J connectivity index is 1.85. The van der Waals surface area contributed by atoms with Gasteiger partial charge in [0, 0.05) is 10.4 Å². The zero-order valence-electron chi connectivity index (χ0n) is 18.5. The second-order valence-corrected chi connectivity index (χ2v) is 11.1. The topological polar surface area (TPSA) is 64.0 Å². The molecule has 1 aliphatic rings. The minimum atomic E-state index is -4.54. The molecule has 2 aromatic heterocycles. The number of amides is 1. The van der Waals surface area contributed by atoms with Crippen LogP contribution in [0.1, 0.15) is 49.6 Å². The van der Waals surface area contributed by atoms with Crippen LogP contribution in [0.4, 0.5) is 13.2 Å². The number of aryl methyl sites for hydroxylation is 2. The molecule has 33 heavy (non-hydrogen) atoms. The first-order valence-electron chi connectivity index (χ1n) is 10.6. The minimum Gasteiger partial charge on any atom is -0.351 e. The molecule has 1 amide bonds. The van der Waals surface area contributed by atoms with Crippen molar-refractivity contribution in [3.63, 3.8) is 0 Å². The number of nitrogens with one attached hydrogen (secondary N) is 1. The maximum absolute atomic E-state index is 13.7. The summed E-state index contributed by atoms with van der Waals surface area (Å²) in [7, 11) is 0. The monoisotopic (exact) mass is 495 g/mol. The van der Waals surface area contributed by atoms with Gasteiger partial charge in [-0.15, -0.1) is 11.3 Å². The average Bonchev–Trinajstić information content (AvgIpc) is 3.09. The molecular formula is C23H24F3N3O2S2. The molecule has 0 fully saturated rings. The molecule has 0 bridgehead atoms. The van der Waals surface area contributed by atoms with Crippen molar-refractivity contribution < 1.29 is 18.0 Å². The average molecular weight is 496 g/mol. The maximum Gasteiger partial charge on any atom is 0.416 e. The van der Waals surface area contributed by atoms with E-state index in [0.29, 0.717) is 10.2 Å². The summed E-state index contributed by atoms with van der Waals surface area (Å²) in [6.07, 6.45) is -0.911. The van der Waals surface area contributed by atoms with Crippen LogP contribution in [0.15, 0.2) is 34.2 Å². The van der Waals surface area contributed by atoms with Gasteiger partial charge in [-0.05, 0) is 70.2 Å². The van der Waals surface area contributed by atoms with Gasteiger partial charge in [-0.25, -0.2) is 4.98 Å². The van der Waals surface area contributed by atoms with E-state index in [4.69, 9.17) is 0 Å². The number of carbonyl (C=O) groups is 1. The summed E-state index contributed by atoms with van der Waals surface area (Å²) in [5.41, 5.74) is -0.624. The lowest BCUT2D eigenvalue weighted by Crippen LogP contribution is -2.41. The fourth-order valence-corrected chi connectivity index (χ4v) is 6.03. The first-order valence-corrected chi connectivity index (χ1v) is 12.4. The summed E-state index contributed by atoms with van der Waals surface area (Å²) in [5, 5.41) is 3.53. The zero-order chi connectivity index (χ0) is 24.0. The molecule has 0 spiro atoms. The number of thioether (sulfide) groups is 1. The predicted octanol–water partition coefficient (Wildman–Crippen LogP) is 5.35. The van der Waals surface area contributed by atoms with E-state index in [2.05, 4.69) is 10.3 Å². The third kappa shape index (κ3) is 5.11. The molecule has 1 aliphatic carbocycles. The Morgan fingerprint density at radius 1 is 1.21 bits per heavy atom. The third-order valence-electron chi connectivity index (χ3n) is 5.24. The molecule has 0 atom stereocenters. The second kappa shape index (κ2) is 8.79. The first-order chi connectivity index (χ1) is 15.4. The Labute approximate surface area is 197 Å². The van der Waals surface area contributed by atoms with Crippen molar-refractivity contribution in [2.45, 2.75) is 63.3 Å². The number of thiophene rings is 1. The van der Waals surface area contributed by atoms with Gasteiger partial charge < -0.3 is 5.32 Å². The molecule has 0 saturated carbocycles. The van der Waals surface area contributed by atoms with Crippen LogP contribution in [0.5, 0.6) is 0 Å². The summed E-state index contributed by atoms with van der Waals surface area (Å²) in [4.78, 5) is 32.4. The van der Waals surface area contributed by atoms with Gasteiger partial charge >= 0.3 is 6.18 Å². The molecule has 0 radical (unpaired) electrons. The minimum absolute atomic E-state index is 0.0146. The molecule has 2 heterocycles. The van der Waals surface area contributed by atoms with E-state index < -0.39 is 22.8 Å². The molecule has 3 aromatic rings. The van der Waals surface area contributed by atoms with Gasteiger partial charge in [-0.1, -0.05) is 17.8 Å². The fourth-order valence-electron chi connectivity index (χ4n) is 3.92. The quantitative estimate of drug-likeness (QED) is 0.391. The highest BCUT2D eigenvalue weighted by Gasteiger charge is 2.31. The van der Waals surface area contributed by atoms with E-state index in [9.17, 15) is 22.8 Å². The van der Waals surface area contributed by atoms with Crippen molar-refractivity contribution in [3.05, 3.63) is 50.6 Å². The molecule has 1 aromatic carbocycles. The van der Waals surface area contributed by atoms with Crippen LogP contribution in [-0.4, -0.2) is 26.8 Å². The number of benzene rings is 1. The van der Waals surface area contributed by atoms with Gasteiger partial charge in [0.15, 0.2) is 5.16 Å². The van der Waals surface area contributed by atoms with Crippen LogP contribution < -0.4 is 10.9 Å². The van der Waals surface area contributed by atoms with Crippen LogP contribution in [-0.2, 0) is 23.8 Å². The van der Waals surface area contributed by atoms with Crippen LogP contribution in [0.3, 0.4) is 0 Å². The number of carbonyl (C=O) groups excluding carboxylic acids is 1. The number of halogens is 3. The molecule has 4 rings (SSSR count). The standard InChI is InChI=1S/C23H24F3N3O2S2/c1-22(2,3)28-17(30)12-32-21-27-19-18(15-9-4-5-10-16(15)33-19)20(31)29(21)14-8-6-7-13(11-14)23(24,25)26/h6-8,11H,4-5,9-10,12H2,1-3H3,(H,28,30). The van der Waals surface area contributed by atoms with Crippen LogP contribution in [0, 0.1) is 0 Å². The molecular weight excluding hydrogens is 471 g/mol. The number of rotatable bonds is 4. The zero-order valence-corrected chi connectivity index (χ0v) is 20.1. The fraction of sp³-hybridized carbons (Fsp3) is 0.435. The van der Waals surface area contributed by atoms with Gasteiger partial charge in [0.25, 0.3) is 5.56 Å². The number of aromatic nitrogens is 2. The summed E-state index contributed by atoms with van der Waals surface area (Å²) in [6, 6.07) is 4.66. The van der Waals surface area contributed by atoms with E-state index in [-0.39, 0.29) is 22.5 Å². The predicted molar refractivity (Wildman–Crippen MR) is 125 cm³/mol. The lowest BCUT2D eigenvalue weighted by atomic mass is 9.97. The van der Waals surface area contributed by atoms with Crippen LogP contribution in [0.25, 0.3) is 15.9 Å². The maximum atomic E-state index is 13.7. The van der Waals surface area contributed by atoms with Gasteiger partial charge in [-0.3, -0.25) is 14.2 Å². The lowest BCUT2D eigenvalue weighted by Gasteiger charge is -2.20. The summed E-state index contributed by atoms with van der Waals surface area (Å²) < 4.78 is 41.3. The van der Waals surface area contributed by atoms with Crippen molar-refractivity contribution in [2.24, 2.45) is 0 Å². The summed E-state index contributed by atoms with van der Waals surface area (Å²) >= 11 is 2.51. The molecule has 1 N–H and O–H groups in total. The molecule has 5 nitrogen and oxygen atoms in total. The Bertz CT molecular complexity index is 1270. The van der Waals surface area contributed by atoms with Crippen molar-refractivity contribution in [3.8, 4) is 5.69 Å². The smallest absolute Gasteiger partial charge is 0.351 e. The number of alkyl halides is 3. The van der Waals surface area contributed by atoms with Crippen molar-refractivity contribution in [1.29, 1.82) is 0 Å². The lowest BCUT2D eigenvalue weighted by molar-refractivity contribution is -0.137. The number of hydrogen-bond acceptors (Lipinski definition) is 5. The van der Waals surface area contributed by atoms with Gasteiger partial charge in [0.1, 0.15) is 4.83 Å². The Morgan fingerprint density at radius 3 is 2.64 bits per heavy atom. The van der Waals surface area contributed by atoms with Gasteiger partial charge in [-0.2, -0.15) is 13.2 Å². The van der Waals surface area contributed by atoms with E-state index >= 15 is 0 Å². The Hall–Kier alpha value is -2.33. The van der Waals surface area contributed by atoms with Crippen molar-refractivity contribution in [1.82, 2.24) is 14.9 Å². The number of hydrogen-bond donors (Lipinski definition) is 1. The molecule has 176 valence electrons. The Morgan fingerprint density at radius 2 is 1.94 bits per heavy atom. The van der Waals surface area contributed by atoms with E-state index in [0.717, 1.165) is 60.0 Å². The normalized spacial score (nSPS) is 14.4. The molecule has 0 saturated heterocycles. The highest BCUT2D eigenvalue weighted by atomic mass is 32.2. The van der Waals surface area contributed by atoms with Gasteiger partial charge in [0.05, 0.1) is 22.4 Å². The number of fused-ring (bicyclic) bond motifs is 3. The highest BCUT2D eigenvalue weighted by Crippen LogP contribution is 2.36. The second-order valence-electron chi connectivity index (χ2n) is 9.06. The third-order valence-corrected chi connectivity index (χ3v) is 7.36.